The number of hydrogen-bond acceptors (Lipinski definition) is 3. The quantitative estimate of drug-likeness (QED) is 0.591. The van der Waals surface area contributed by atoms with E-state index in [2.05, 4.69) is 22.2 Å². The maximum absolute atomic E-state index is 12.3. The maximum atomic E-state index is 12.3. The molecule has 0 aliphatic heterocycles. The smallest absolute Gasteiger partial charge is 0.240 e. The lowest BCUT2D eigenvalue weighted by molar-refractivity contribution is -0.121. The number of aryl methyl sites for hydroxylation is 2. The molecule has 6 heteroatoms. The van der Waals surface area contributed by atoms with Gasteiger partial charge in [0.25, 0.3) is 0 Å². The number of benzene rings is 1. The van der Waals surface area contributed by atoms with Gasteiger partial charge in [-0.15, -0.1) is 0 Å². The Balaban J connectivity index is 1.79. The second-order valence-electron chi connectivity index (χ2n) is 5.99. The Morgan fingerprint density at radius 2 is 2.04 bits per heavy atom. The van der Waals surface area contributed by atoms with Crippen molar-refractivity contribution in [2.75, 3.05) is 13.1 Å². The zero-order chi connectivity index (χ0) is 16.9. The summed E-state index contributed by atoms with van der Waals surface area (Å²) in [6.45, 7) is 4.10. The van der Waals surface area contributed by atoms with E-state index in [-0.39, 0.29) is 12.5 Å². The van der Waals surface area contributed by atoms with Crippen molar-refractivity contribution >= 4 is 15.9 Å². The van der Waals surface area contributed by atoms with Crippen molar-refractivity contribution in [3.63, 3.8) is 0 Å². The normalized spacial score (nSPS) is 17.4. The van der Waals surface area contributed by atoms with Crippen LogP contribution < -0.4 is 10.0 Å². The monoisotopic (exact) mass is 336 g/mol. The molecule has 1 aromatic carbocycles. The Morgan fingerprint density at radius 3 is 2.74 bits per heavy atom. The second kappa shape index (κ2) is 7.75. The average molecular weight is 336 g/mol. The van der Waals surface area contributed by atoms with E-state index in [1.54, 1.807) is 19.1 Å². The van der Waals surface area contributed by atoms with Gasteiger partial charge in [0.05, 0.1) is 4.90 Å². The molecule has 1 atom stereocenters. The van der Waals surface area contributed by atoms with Gasteiger partial charge in [0, 0.05) is 19.5 Å². The minimum atomic E-state index is -3.55. The van der Waals surface area contributed by atoms with Gasteiger partial charge in [-0.1, -0.05) is 24.3 Å². The first-order valence-electron chi connectivity index (χ1n) is 7.89. The fraction of sp³-hybridized carbons (Fsp3) is 0.471. The molecule has 0 saturated heterocycles. The minimum absolute atomic E-state index is 0.0347. The standard InChI is InChI=1S/C17H24N2O3S/c1-13-7-8-14(2)16(11-13)23(21,22)19-10-9-18-17(20)12-15-5-3-4-6-15/h3,5,7-8,11,15,19H,4,6,9-10,12H2,1-2H3,(H,18,20). The highest BCUT2D eigenvalue weighted by Gasteiger charge is 2.17. The third kappa shape index (κ3) is 5.18. The van der Waals surface area contributed by atoms with Crippen LogP contribution in [0.1, 0.15) is 30.4 Å². The Hall–Kier alpha value is -1.66. The number of carbonyl (C=O) groups excluding carboxylic acids is 1. The van der Waals surface area contributed by atoms with Gasteiger partial charge in [0.15, 0.2) is 0 Å². The topological polar surface area (TPSA) is 75.3 Å². The molecule has 23 heavy (non-hydrogen) atoms. The molecule has 126 valence electrons. The Kier molecular flexibility index (Phi) is 5.96. The van der Waals surface area contributed by atoms with E-state index < -0.39 is 10.0 Å². The zero-order valence-corrected chi connectivity index (χ0v) is 14.4. The molecule has 2 N–H and O–H groups in total. The molecule has 1 aromatic rings. The number of sulfonamides is 1. The summed E-state index contributed by atoms with van der Waals surface area (Å²) in [5, 5.41) is 2.76. The van der Waals surface area contributed by atoms with Crippen LogP contribution in [0.25, 0.3) is 0 Å². The Morgan fingerprint density at radius 1 is 1.26 bits per heavy atom. The van der Waals surface area contributed by atoms with Gasteiger partial charge in [0.1, 0.15) is 0 Å². The third-order valence-electron chi connectivity index (χ3n) is 3.93. The number of allylic oxidation sites excluding steroid dienone is 2. The fourth-order valence-corrected chi connectivity index (χ4v) is 4.00. The van der Waals surface area contributed by atoms with E-state index in [0.717, 1.165) is 18.4 Å². The van der Waals surface area contributed by atoms with Gasteiger partial charge in [-0.3, -0.25) is 4.79 Å². The molecule has 0 spiro atoms. The predicted molar refractivity (Wildman–Crippen MR) is 90.6 cm³/mol. The molecule has 1 aliphatic carbocycles. The van der Waals surface area contributed by atoms with Crippen LogP contribution in [0.3, 0.4) is 0 Å². The highest BCUT2D eigenvalue weighted by molar-refractivity contribution is 7.89. The van der Waals surface area contributed by atoms with Crippen LogP contribution in [0.15, 0.2) is 35.2 Å². The van der Waals surface area contributed by atoms with Crippen LogP contribution in [-0.4, -0.2) is 27.4 Å². The van der Waals surface area contributed by atoms with Gasteiger partial charge in [0.2, 0.25) is 15.9 Å². The lowest BCUT2D eigenvalue weighted by atomic mass is 10.1. The van der Waals surface area contributed by atoms with E-state index in [9.17, 15) is 13.2 Å². The maximum Gasteiger partial charge on any atom is 0.240 e. The number of hydrogen-bond donors (Lipinski definition) is 2. The molecule has 0 heterocycles. The number of nitrogens with one attached hydrogen (secondary N) is 2. The zero-order valence-electron chi connectivity index (χ0n) is 13.6. The lowest BCUT2D eigenvalue weighted by Gasteiger charge is -2.11. The van der Waals surface area contributed by atoms with Crippen molar-refractivity contribution in [2.45, 2.75) is 38.0 Å². The van der Waals surface area contributed by atoms with Crippen molar-refractivity contribution < 1.29 is 13.2 Å². The van der Waals surface area contributed by atoms with Crippen LogP contribution in [0, 0.1) is 19.8 Å². The summed E-state index contributed by atoms with van der Waals surface area (Å²) in [5.41, 5.74) is 1.61. The molecular weight excluding hydrogens is 312 g/mol. The molecule has 0 fully saturated rings. The van der Waals surface area contributed by atoms with Crippen LogP contribution in [0.5, 0.6) is 0 Å². The molecule has 0 bridgehead atoms. The first-order valence-corrected chi connectivity index (χ1v) is 9.37. The minimum Gasteiger partial charge on any atom is -0.355 e. The van der Waals surface area contributed by atoms with E-state index >= 15 is 0 Å². The predicted octanol–water partition coefficient (Wildman–Crippen LogP) is 2.05. The number of carbonyl (C=O) groups is 1. The molecule has 1 unspecified atom stereocenters. The molecule has 2 rings (SSSR count). The molecule has 0 aromatic heterocycles. The van der Waals surface area contributed by atoms with Crippen molar-refractivity contribution in [3.05, 3.63) is 41.5 Å². The molecular formula is C17H24N2O3S. The van der Waals surface area contributed by atoms with Gasteiger partial charge >= 0.3 is 0 Å². The molecule has 0 radical (unpaired) electrons. The van der Waals surface area contributed by atoms with Crippen LogP contribution in [-0.2, 0) is 14.8 Å². The highest BCUT2D eigenvalue weighted by Crippen LogP contribution is 2.20. The third-order valence-corrected chi connectivity index (χ3v) is 5.54. The van der Waals surface area contributed by atoms with E-state index in [0.29, 0.717) is 29.3 Å². The first kappa shape index (κ1) is 17.7. The van der Waals surface area contributed by atoms with Crippen LogP contribution in [0.4, 0.5) is 0 Å². The van der Waals surface area contributed by atoms with Crippen molar-refractivity contribution in [1.29, 1.82) is 0 Å². The lowest BCUT2D eigenvalue weighted by Crippen LogP contribution is -2.35. The summed E-state index contributed by atoms with van der Waals surface area (Å²) in [7, 11) is -3.55. The van der Waals surface area contributed by atoms with Crippen LogP contribution in [0.2, 0.25) is 0 Å². The fourth-order valence-electron chi connectivity index (χ4n) is 2.64. The Bertz CT molecular complexity index is 696. The van der Waals surface area contributed by atoms with Crippen LogP contribution >= 0.6 is 0 Å². The number of amides is 1. The van der Waals surface area contributed by atoms with Crippen molar-refractivity contribution in [3.8, 4) is 0 Å². The molecule has 1 amide bonds. The van der Waals surface area contributed by atoms with E-state index in [4.69, 9.17) is 0 Å². The summed E-state index contributed by atoms with van der Waals surface area (Å²) in [6, 6.07) is 5.33. The number of rotatable bonds is 7. The van der Waals surface area contributed by atoms with E-state index in [1.165, 1.54) is 0 Å². The summed E-state index contributed by atoms with van der Waals surface area (Å²) >= 11 is 0. The summed E-state index contributed by atoms with van der Waals surface area (Å²) in [4.78, 5) is 12.1. The van der Waals surface area contributed by atoms with Gasteiger partial charge < -0.3 is 5.32 Å². The highest BCUT2D eigenvalue weighted by atomic mass is 32.2. The van der Waals surface area contributed by atoms with Crippen molar-refractivity contribution in [2.24, 2.45) is 5.92 Å². The summed E-state index contributed by atoms with van der Waals surface area (Å²) < 4.78 is 27.1. The average Bonchev–Trinajstić information content (AvgIpc) is 2.99. The van der Waals surface area contributed by atoms with Crippen molar-refractivity contribution in [1.82, 2.24) is 10.0 Å². The summed E-state index contributed by atoms with van der Waals surface area (Å²) in [5.74, 6) is 0.286. The first-order chi connectivity index (χ1) is 10.9. The Labute approximate surface area is 138 Å². The molecule has 5 nitrogen and oxygen atoms in total. The van der Waals surface area contributed by atoms with E-state index in [1.807, 2.05) is 13.0 Å². The molecule has 1 aliphatic rings. The summed E-state index contributed by atoms with van der Waals surface area (Å²) in [6.07, 6.45) is 6.69. The van der Waals surface area contributed by atoms with Gasteiger partial charge in [-0.2, -0.15) is 0 Å². The largest absolute Gasteiger partial charge is 0.355 e. The molecule has 0 saturated carbocycles. The SMILES string of the molecule is Cc1ccc(C)c(S(=O)(=O)NCCNC(=O)CC2C=CCC2)c1. The van der Waals surface area contributed by atoms with Gasteiger partial charge in [-0.05, 0) is 49.8 Å². The second-order valence-corrected chi connectivity index (χ2v) is 7.72. The van der Waals surface area contributed by atoms with Gasteiger partial charge in [-0.25, -0.2) is 13.1 Å².